The standard InChI is InChI=1S/C13H19BrClN/c1-10(2)4-3-7-16-9-11-8-12(15)5-6-13(11)14/h5-6,8,10,16H,3-4,7,9H2,1-2H3. The average molecular weight is 305 g/mol. The van der Waals surface area contributed by atoms with Gasteiger partial charge in [0, 0.05) is 16.0 Å². The summed E-state index contributed by atoms with van der Waals surface area (Å²) in [5.74, 6) is 0.791. The van der Waals surface area contributed by atoms with Gasteiger partial charge in [0.25, 0.3) is 0 Å². The molecular weight excluding hydrogens is 286 g/mol. The number of halogens is 2. The number of hydrogen-bond donors (Lipinski definition) is 1. The lowest BCUT2D eigenvalue weighted by atomic mass is 10.1. The normalized spacial score (nSPS) is 11.1. The van der Waals surface area contributed by atoms with Gasteiger partial charge in [-0.05, 0) is 49.1 Å². The van der Waals surface area contributed by atoms with Crippen molar-refractivity contribution in [2.75, 3.05) is 6.54 Å². The van der Waals surface area contributed by atoms with Gasteiger partial charge in [0.05, 0.1) is 0 Å². The highest BCUT2D eigenvalue weighted by atomic mass is 79.9. The summed E-state index contributed by atoms with van der Waals surface area (Å²) in [4.78, 5) is 0. The Morgan fingerprint density at radius 2 is 2.12 bits per heavy atom. The van der Waals surface area contributed by atoms with Gasteiger partial charge in [-0.2, -0.15) is 0 Å². The van der Waals surface area contributed by atoms with Crippen LogP contribution in [0, 0.1) is 5.92 Å². The summed E-state index contributed by atoms with van der Waals surface area (Å²) < 4.78 is 1.12. The predicted octanol–water partition coefficient (Wildman–Crippen LogP) is 4.63. The predicted molar refractivity (Wildman–Crippen MR) is 74.9 cm³/mol. The summed E-state index contributed by atoms with van der Waals surface area (Å²) in [7, 11) is 0. The van der Waals surface area contributed by atoms with Crippen LogP contribution >= 0.6 is 27.5 Å². The van der Waals surface area contributed by atoms with E-state index in [9.17, 15) is 0 Å². The Hall–Kier alpha value is -0.0500. The van der Waals surface area contributed by atoms with E-state index in [1.165, 1.54) is 18.4 Å². The monoisotopic (exact) mass is 303 g/mol. The molecule has 1 rings (SSSR count). The lowest BCUT2D eigenvalue weighted by Crippen LogP contribution is -2.15. The Morgan fingerprint density at radius 3 is 2.81 bits per heavy atom. The van der Waals surface area contributed by atoms with Crippen molar-refractivity contribution in [3.05, 3.63) is 33.3 Å². The zero-order valence-electron chi connectivity index (χ0n) is 9.89. The zero-order chi connectivity index (χ0) is 12.0. The molecular formula is C13H19BrClN. The first-order valence-electron chi connectivity index (χ1n) is 5.74. The highest BCUT2D eigenvalue weighted by Gasteiger charge is 2.00. The summed E-state index contributed by atoms with van der Waals surface area (Å²) in [5.41, 5.74) is 1.22. The maximum absolute atomic E-state index is 5.95. The third kappa shape index (κ3) is 5.33. The Morgan fingerprint density at radius 1 is 1.38 bits per heavy atom. The molecule has 90 valence electrons. The minimum atomic E-state index is 0.791. The molecule has 0 heterocycles. The summed E-state index contributed by atoms with van der Waals surface area (Å²) >= 11 is 9.47. The minimum absolute atomic E-state index is 0.791. The van der Waals surface area contributed by atoms with Crippen LogP contribution < -0.4 is 5.32 Å². The van der Waals surface area contributed by atoms with Crippen molar-refractivity contribution in [2.45, 2.75) is 33.2 Å². The fraction of sp³-hybridized carbons (Fsp3) is 0.538. The van der Waals surface area contributed by atoms with Crippen molar-refractivity contribution in [2.24, 2.45) is 5.92 Å². The molecule has 0 unspecified atom stereocenters. The van der Waals surface area contributed by atoms with Crippen LogP contribution in [0.1, 0.15) is 32.3 Å². The van der Waals surface area contributed by atoms with Crippen LogP contribution in [0.15, 0.2) is 22.7 Å². The molecule has 0 saturated carbocycles. The summed E-state index contributed by atoms with van der Waals surface area (Å²) in [5, 5.41) is 4.23. The zero-order valence-corrected chi connectivity index (χ0v) is 12.2. The quantitative estimate of drug-likeness (QED) is 0.756. The van der Waals surface area contributed by atoms with Crippen molar-refractivity contribution in [3.63, 3.8) is 0 Å². The first-order chi connectivity index (χ1) is 7.59. The minimum Gasteiger partial charge on any atom is -0.313 e. The van der Waals surface area contributed by atoms with E-state index in [0.29, 0.717) is 0 Å². The first-order valence-corrected chi connectivity index (χ1v) is 6.91. The molecule has 1 N–H and O–H groups in total. The molecule has 0 spiro atoms. The molecule has 0 aromatic heterocycles. The second-order valence-electron chi connectivity index (χ2n) is 4.45. The lowest BCUT2D eigenvalue weighted by Gasteiger charge is -2.08. The van der Waals surface area contributed by atoms with E-state index < -0.39 is 0 Å². The molecule has 3 heteroatoms. The lowest BCUT2D eigenvalue weighted by molar-refractivity contribution is 0.527. The largest absolute Gasteiger partial charge is 0.313 e. The molecule has 0 amide bonds. The molecule has 1 aromatic carbocycles. The number of hydrogen-bond acceptors (Lipinski definition) is 1. The van der Waals surface area contributed by atoms with Gasteiger partial charge in [-0.25, -0.2) is 0 Å². The van der Waals surface area contributed by atoms with Gasteiger partial charge in [0.2, 0.25) is 0 Å². The van der Waals surface area contributed by atoms with Gasteiger partial charge in [0.15, 0.2) is 0 Å². The van der Waals surface area contributed by atoms with Crippen molar-refractivity contribution in [1.29, 1.82) is 0 Å². The molecule has 0 bridgehead atoms. The highest BCUT2D eigenvalue weighted by molar-refractivity contribution is 9.10. The van der Waals surface area contributed by atoms with Gasteiger partial charge in [0.1, 0.15) is 0 Å². The van der Waals surface area contributed by atoms with Crippen molar-refractivity contribution >= 4 is 27.5 Å². The molecule has 0 radical (unpaired) electrons. The Labute approximate surface area is 112 Å². The van der Waals surface area contributed by atoms with Gasteiger partial charge < -0.3 is 5.32 Å². The second kappa shape index (κ2) is 7.31. The maximum Gasteiger partial charge on any atom is 0.0410 e. The van der Waals surface area contributed by atoms with E-state index in [4.69, 9.17) is 11.6 Å². The average Bonchev–Trinajstić information content (AvgIpc) is 2.22. The van der Waals surface area contributed by atoms with Crippen molar-refractivity contribution in [1.82, 2.24) is 5.32 Å². The smallest absolute Gasteiger partial charge is 0.0410 e. The first kappa shape index (κ1) is 14.0. The van der Waals surface area contributed by atoms with Crippen molar-refractivity contribution in [3.8, 4) is 0 Å². The molecule has 0 aliphatic heterocycles. The molecule has 0 fully saturated rings. The van der Waals surface area contributed by atoms with Crippen LogP contribution in [0.5, 0.6) is 0 Å². The number of nitrogens with one attached hydrogen (secondary N) is 1. The Bertz CT molecular complexity index is 326. The van der Waals surface area contributed by atoms with E-state index in [2.05, 4.69) is 35.1 Å². The van der Waals surface area contributed by atoms with Crippen LogP contribution in [0.3, 0.4) is 0 Å². The Balaban J connectivity index is 2.29. The van der Waals surface area contributed by atoms with Crippen molar-refractivity contribution < 1.29 is 0 Å². The number of benzene rings is 1. The van der Waals surface area contributed by atoms with Crippen LogP contribution in [0.4, 0.5) is 0 Å². The molecule has 16 heavy (non-hydrogen) atoms. The Kier molecular flexibility index (Phi) is 6.40. The second-order valence-corrected chi connectivity index (χ2v) is 5.74. The summed E-state index contributed by atoms with van der Waals surface area (Å²) in [6, 6.07) is 5.89. The maximum atomic E-state index is 5.95. The third-order valence-electron chi connectivity index (χ3n) is 2.46. The van der Waals surface area contributed by atoms with E-state index in [-0.39, 0.29) is 0 Å². The van der Waals surface area contributed by atoms with Crippen LogP contribution in [-0.2, 0) is 6.54 Å². The van der Waals surface area contributed by atoms with E-state index in [1.54, 1.807) is 0 Å². The van der Waals surface area contributed by atoms with Crippen LogP contribution in [0.25, 0.3) is 0 Å². The highest BCUT2D eigenvalue weighted by Crippen LogP contribution is 2.20. The topological polar surface area (TPSA) is 12.0 Å². The van der Waals surface area contributed by atoms with E-state index >= 15 is 0 Å². The molecule has 0 aliphatic carbocycles. The van der Waals surface area contributed by atoms with E-state index in [1.807, 2.05) is 18.2 Å². The molecule has 0 aliphatic rings. The van der Waals surface area contributed by atoms with Crippen LogP contribution in [-0.4, -0.2) is 6.54 Å². The number of rotatable bonds is 6. The van der Waals surface area contributed by atoms with Gasteiger partial charge in [-0.3, -0.25) is 0 Å². The van der Waals surface area contributed by atoms with E-state index in [0.717, 1.165) is 28.5 Å². The third-order valence-corrected chi connectivity index (χ3v) is 3.47. The fourth-order valence-electron chi connectivity index (χ4n) is 1.54. The molecule has 1 aromatic rings. The SMILES string of the molecule is CC(C)CCCNCc1cc(Cl)ccc1Br. The van der Waals surface area contributed by atoms with Crippen LogP contribution in [0.2, 0.25) is 5.02 Å². The molecule has 0 saturated heterocycles. The molecule has 0 atom stereocenters. The molecule has 1 nitrogen and oxygen atoms in total. The summed E-state index contributed by atoms with van der Waals surface area (Å²) in [6.45, 7) is 6.46. The van der Waals surface area contributed by atoms with Gasteiger partial charge >= 0.3 is 0 Å². The van der Waals surface area contributed by atoms with Gasteiger partial charge in [-0.1, -0.05) is 41.4 Å². The summed E-state index contributed by atoms with van der Waals surface area (Å²) in [6.07, 6.45) is 2.51. The van der Waals surface area contributed by atoms with Gasteiger partial charge in [-0.15, -0.1) is 0 Å². The fourth-order valence-corrected chi connectivity index (χ4v) is 2.12.